The zero-order valence-electron chi connectivity index (χ0n) is 5.41. The summed E-state index contributed by atoms with van der Waals surface area (Å²) in [7, 11) is 0. The minimum atomic E-state index is -0.0334. The number of ketones is 1. The molecule has 0 fully saturated rings. The van der Waals surface area contributed by atoms with Crippen LogP contribution in [0.5, 0.6) is 0 Å². The van der Waals surface area contributed by atoms with Crippen LogP contribution in [0.15, 0.2) is 17.1 Å². The fourth-order valence-electron chi connectivity index (χ4n) is 0.599. The van der Waals surface area contributed by atoms with Gasteiger partial charge in [0, 0.05) is 0 Å². The van der Waals surface area contributed by atoms with Crippen LogP contribution in [0.3, 0.4) is 0 Å². The molecule has 0 amide bonds. The summed E-state index contributed by atoms with van der Waals surface area (Å²) in [6.45, 7) is 0.0624. The Labute approximate surface area is 58.0 Å². The van der Waals surface area contributed by atoms with Gasteiger partial charge in [0.05, 0.1) is 18.7 Å². The SMILES string of the molecule is NCC(=O)Cc1cocn1. The quantitative estimate of drug-likeness (QED) is 0.628. The predicted octanol–water partition coefficient (Wildman–Crippen LogP) is -0.255. The Balaban J connectivity index is 2.48. The summed E-state index contributed by atoms with van der Waals surface area (Å²) in [5.41, 5.74) is 5.72. The monoisotopic (exact) mass is 140 g/mol. The Bertz CT molecular complexity index is 206. The van der Waals surface area contributed by atoms with Crippen molar-refractivity contribution in [2.75, 3.05) is 6.54 Å². The molecule has 0 bridgehead atoms. The number of aromatic nitrogens is 1. The molecular formula is C6H8N2O2. The molecule has 0 aromatic carbocycles. The molecule has 4 nitrogen and oxygen atoms in total. The third kappa shape index (κ3) is 1.66. The van der Waals surface area contributed by atoms with Crippen LogP contribution in [0.4, 0.5) is 0 Å². The summed E-state index contributed by atoms with van der Waals surface area (Å²) >= 11 is 0. The van der Waals surface area contributed by atoms with Crippen molar-refractivity contribution in [3.05, 3.63) is 18.4 Å². The van der Waals surface area contributed by atoms with E-state index in [4.69, 9.17) is 5.73 Å². The van der Waals surface area contributed by atoms with Crippen LogP contribution in [-0.2, 0) is 11.2 Å². The molecule has 10 heavy (non-hydrogen) atoms. The van der Waals surface area contributed by atoms with E-state index in [2.05, 4.69) is 9.40 Å². The second-order valence-corrected chi connectivity index (χ2v) is 1.90. The number of hydrogen-bond donors (Lipinski definition) is 1. The molecule has 1 heterocycles. The molecule has 54 valence electrons. The first-order chi connectivity index (χ1) is 4.83. The van der Waals surface area contributed by atoms with Gasteiger partial charge in [0.2, 0.25) is 0 Å². The molecule has 0 spiro atoms. The second-order valence-electron chi connectivity index (χ2n) is 1.90. The van der Waals surface area contributed by atoms with Gasteiger partial charge in [-0.15, -0.1) is 0 Å². The van der Waals surface area contributed by atoms with E-state index in [1.165, 1.54) is 12.7 Å². The van der Waals surface area contributed by atoms with Gasteiger partial charge >= 0.3 is 0 Å². The largest absolute Gasteiger partial charge is 0.451 e. The lowest BCUT2D eigenvalue weighted by Gasteiger charge is -1.89. The first-order valence-electron chi connectivity index (χ1n) is 2.91. The molecule has 0 saturated heterocycles. The third-order valence-corrected chi connectivity index (χ3v) is 1.09. The van der Waals surface area contributed by atoms with Gasteiger partial charge in [-0.25, -0.2) is 4.98 Å². The maximum absolute atomic E-state index is 10.7. The summed E-state index contributed by atoms with van der Waals surface area (Å²) in [5, 5.41) is 0. The highest BCUT2D eigenvalue weighted by atomic mass is 16.3. The van der Waals surface area contributed by atoms with E-state index in [0.29, 0.717) is 5.69 Å². The van der Waals surface area contributed by atoms with Crippen molar-refractivity contribution in [3.8, 4) is 0 Å². The zero-order chi connectivity index (χ0) is 7.40. The van der Waals surface area contributed by atoms with Gasteiger partial charge in [-0.1, -0.05) is 0 Å². The Morgan fingerprint density at radius 3 is 3.10 bits per heavy atom. The normalized spacial score (nSPS) is 9.70. The summed E-state index contributed by atoms with van der Waals surface area (Å²) in [6, 6.07) is 0. The van der Waals surface area contributed by atoms with Crippen molar-refractivity contribution in [2.45, 2.75) is 6.42 Å². The number of oxazole rings is 1. The number of rotatable bonds is 3. The number of carbonyl (C=O) groups is 1. The van der Waals surface area contributed by atoms with Crippen LogP contribution in [-0.4, -0.2) is 17.3 Å². The topological polar surface area (TPSA) is 69.1 Å². The molecule has 0 radical (unpaired) electrons. The maximum atomic E-state index is 10.7. The molecule has 0 aliphatic rings. The summed E-state index contributed by atoms with van der Waals surface area (Å²) in [5.74, 6) is -0.0334. The lowest BCUT2D eigenvalue weighted by molar-refractivity contribution is -0.117. The Morgan fingerprint density at radius 2 is 2.60 bits per heavy atom. The fourth-order valence-corrected chi connectivity index (χ4v) is 0.599. The molecule has 2 N–H and O–H groups in total. The Kier molecular flexibility index (Phi) is 2.17. The zero-order valence-corrected chi connectivity index (χ0v) is 5.41. The molecule has 0 aliphatic carbocycles. The molecule has 0 saturated carbocycles. The van der Waals surface area contributed by atoms with E-state index in [1.807, 2.05) is 0 Å². The van der Waals surface area contributed by atoms with Crippen molar-refractivity contribution < 1.29 is 9.21 Å². The second kappa shape index (κ2) is 3.12. The van der Waals surface area contributed by atoms with Crippen LogP contribution in [0.25, 0.3) is 0 Å². The standard InChI is InChI=1S/C6H8N2O2/c7-2-6(9)1-5-3-10-4-8-5/h3-4H,1-2,7H2. The van der Waals surface area contributed by atoms with E-state index < -0.39 is 0 Å². The van der Waals surface area contributed by atoms with Crippen LogP contribution in [0.1, 0.15) is 5.69 Å². The van der Waals surface area contributed by atoms with Gasteiger partial charge in [-0.05, 0) is 0 Å². The fraction of sp³-hybridized carbons (Fsp3) is 0.333. The number of nitrogens with zero attached hydrogens (tertiary/aromatic N) is 1. The van der Waals surface area contributed by atoms with Gasteiger partial charge in [0.15, 0.2) is 12.2 Å². The van der Waals surface area contributed by atoms with Crippen molar-refractivity contribution in [1.82, 2.24) is 4.98 Å². The van der Waals surface area contributed by atoms with E-state index in [0.717, 1.165) is 0 Å². The molecule has 1 aromatic heterocycles. The number of hydrogen-bond acceptors (Lipinski definition) is 4. The highest BCUT2D eigenvalue weighted by Crippen LogP contribution is 1.94. The van der Waals surface area contributed by atoms with Gasteiger partial charge < -0.3 is 10.2 Å². The predicted molar refractivity (Wildman–Crippen MR) is 34.3 cm³/mol. The molecule has 1 aromatic rings. The van der Waals surface area contributed by atoms with Crippen molar-refractivity contribution in [3.63, 3.8) is 0 Å². The van der Waals surface area contributed by atoms with Gasteiger partial charge in [-0.2, -0.15) is 0 Å². The average molecular weight is 140 g/mol. The highest BCUT2D eigenvalue weighted by Gasteiger charge is 2.02. The van der Waals surface area contributed by atoms with Crippen molar-refractivity contribution in [1.29, 1.82) is 0 Å². The van der Waals surface area contributed by atoms with Crippen LogP contribution in [0.2, 0.25) is 0 Å². The first kappa shape index (κ1) is 6.95. The van der Waals surface area contributed by atoms with Gasteiger partial charge in [-0.3, -0.25) is 4.79 Å². The van der Waals surface area contributed by atoms with Crippen molar-refractivity contribution in [2.24, 2.45) is 5.73 Å². The van der Waals surface area contributed by atoms with E-state index in [-0.39, 0.29) is 18.7 Å². The minimum Gasteiger partial charge on any atom is -0.451 e. The van der Waals surface area contributed by atoms with E-state index >= 15 is 0 Å². The van der Waals surface area contributed by atoms with Crippen molar-refractivity contribution >= 4 is 5.78 Å². The van der Waals surface area contributed by atoms with Crippen LogP contribution < -0.4 is 5.73 Å². The maximum Gasteiger partial charge on any atom is 0.180 e. The van der Waals surface area contributed by atoms with Gasteiger partial charge in [0.25, 0.3) is 0 Å². The van der Waals surface area contributed by atoms with E-state index in [1.54, 1.807) is 0 Å². The number of Topliss-reactive ketones (excluding diaryl/α,β-unsaturated/α-hetero) is 1. The highest BCUT2D eigenvalue weighted by molar-refractivity contribution is 5.82. The van der Waals surface area contributed by atoms with E-state index in [9.17, 15) is 4.79 Å². The summed E-state index contributed by atoms with van der Waals surface area (Å²) in [6.07, 6.45) is 3.00. The lowest BCUT2D eigenvalue weighted by atomic mass is 10.2. The summed E-state index contributed by atoms with van der Waals surface area (Å²) < 4.78 is 4.66. The molecule has 1 rings (SSSR count). The minimum absolute atomic E-state index is 0.0334. The Morgan fingerprint density at radius 1 is 1.80 bits per heavy atom. The molecule has 0 atom stereocenters. The third-order valence-electron chi connectivity index (χ3n) is 1.09. The number of carbonyl (C=O) groups excluding carboxylic acids is 1. The molecule has 0 aliphatic heterocycles. The van der Waals surface area contributed by atoms with Crippen LogP contribution >= 0.6 is 0 Å². The first-order valence-corrected chi connectivity index (χ1v) is 2.91. The van der Waals surface area contributed by atoms with Crippen LogP contribution in [0, 0.1) is 0 Å². The smallest absolute Gasteiger partial charge is 0.180 e. The summed E-state index contributed by atoms with van der Waals surface area (Å²) in [4.78, 5) is 14.4. The Hall–Kier alpha value is -1.16. The molecule has 4 heteroatoms. The van der Waals surface area contributed by atoms with Gasteiger partial charge in [0.1, 0.15) is 6.26 Å². The number of nitrogens with two attached hydrogens (primary N) is 1. The molecular weight excluding hydrogens is 132 g/mol. The lowest BCUT2D eigenvalue weighted by Crippen LogP contribution is -2.15. The average Bonchev–Trinajstić information content (AvgIpc) is 2.40. The molecule has 0 unspecified atom stereocenters.